The second kappa shape index (κ2) is 8.07. The van der Waals surface area contributed by atoms with Gasteiger partial charge in [-0.1, -0.05) is 25.5 Å². The summed E-state index contributed by atoms with van der Waals surface area (Å²) in [6, 6.07) is 8.32. The zero-order valence-corrected chi connectivity index (χ0v) is 15.2. The van der Waals surface area contributed by atoms with Crippen LogP contribution in [-0.2, 0) is 11.2 Å². The molecule has 3 rings (SSSR count). The van der Waals surface area contributed by atoms with Crippen LogP contribution in [0.2, 0.25) is 0 Å². The molecule has 0 saturated heterocycles. The number of carbonyl (C=O) groups excluding carboxylic acids is 1. The Morgan fingerprint density at radius 1 is 1.20 bits per heavy atom. The van der Waals surface area contributed by atoms with Gasteiger partial charge in [-0.2, -0.15) is 0 Å². The fraction of sp³-hybridized carbons (Fsp3) is 0.316. The van der Waals surface area contributed by atoms with E-state index in [0.29, 0.717) is 23.4 Å². The molecule has 0 radical (unpaired) electrons. The number of aryl methyl sites for hydroxylation is 1. The average molecular weight is 355 g/mol. The highest BCUT2D eigenvalue weighted by molar-refractivity contribution is 7.17. The van der Waals surface area contributed by atoms with Crippen molar-refractivity contribution in [3.63, 3.8) is 0 Å². The summed E-state index contributed by atoms with van der Waals surface area (Å²) in [6.45, 7) is 4.33. The average Bonchev–Trinajstić information content (AvgIpc) is 3.07. The van der Waals surface area contributed by atoms with Crippen LogP contribution in [-0.4, -0.2) is 22.5 Å². The number of carbonyl (C=O) groups is 1. The van der Waals surface area contributed by atoms with Gasteiger partial charge in [-0.3, -0.25) is 0 Å². The molecule has 0 aliphatic carbocycles. The Hall–Kier alpha value is -2.47. The first-order chi connectivity index (χ1) is 12.2. The molecule has 0 unspecified atom stereocenters. The van der Waals surface area contributed by atoms with Crippen molar-refractivity contribution in [1.29, 1.82) is 0 Å². The number of nitrogens with one attached hydrogen (secondary N) is 1. The van der Waals surface area contributed by atoms with E-state index in [4.69, 9.17) is 4.74 Å². The lowest BCUT2D eigenvalue weighted by Crippen LogP contribution is -2.05. The second-order valence-corrected chi connectivity index (χ2v) is 6.56. The highest BCUT2D eigenvalue weighted by Crippen LogP contribution is 2.31. The molecule has 0 atom stereocenters. The molecular formula is C19H21N3O2S. The van der Waals surface area contributed by atoms with Crippen molar-refractivity contribution in [1.82, 2.24) is 9.97 Å². The molecule has 0 fully saturated rings. The summed E-state index contributed by atoms with van der Waals surface area (Å²) in [7, 11) is 0. The molecule has 130 valence electrons. The molecule has 3 aromatic rings. The molecule has 1 aromatic carbocycles. The quantitative estimate of drug-likeness (QED) is 0.607. The normalized spacial score (nSPS) is 10.8. The number of hydrogen-bond donors (Lipinski definition) is 1. The number of fused-ring (bicyclic) bond motifs is 1. The number of esters is 1. The van der Waals surface area contributed by atoms with E-state index >= 15 is 0 Å². The predicted octanol–water partition coefficient (Wildman–Crippen LogP) is 4.95. The van der Waals surface area contributed by atoms with Crippen molar-refractivity contribution in [2.75, 3.05) is 11.9 Å². The highest BCUT2D eigenvalue weighted by atomic mass is 32.1. The van der Waals surface area contributed by atoms with E-state index < -0.39 is 0 Å². The number of benzene rings is 1. The zero-order valence-electron chi connectivity index (χ0n) is 14.4. The third kappa shape index (κ3) is 3.96. The molecule has 2 heterocycles. The van der Waals surface area contributed by atoms with Crippen LogP contribution in [0.5, 0.6) is 0 Å². The summed E-state index contributed by atoms with van der Waals surface area (Å²) in [6.07, 6.45) is 4.97. The first kappa shape index (κ1) is 17.4. The van der Waals surface area contributed by atoms with Gasteiger partial charge >= 0.3 is 5.97 Å². The Bertz CT molecular complexity index is 859. The third-order valence-corrected chi connectivity index (χ3v) is 4.79. The van der Waals surface area contributed by atoms with Crippen molar-refractivity contribution in [2.24, 2.45) is 0 Å². The number of ether oxygens (including phenoxy) is 1. The lowest BCUT2D eigenvalue weighted by Gasteiger charge is -2.09. The van der Waals surface area contributed by atoms with Crippen molar-refractivity contribution in [3.8, 4) is 0 Å². The monoisotopic (exact) mass is 355 g/mol. The van der Waals surface area contributed by atoms with Gasteiger partial charge in [0, 0.05) is 11.1 Å². The number of anilines is 2. The lowest BCUT2D eigenvalue weighted by atomic mass is 10.1. The van der Waals surface area contributed by atoms with E-state index in [9.17, 15) is 4.79 Å². The van der Waals surface area contributed by atoms with Crippen LogP contribution in [0.3, 0.4) is 0 Å². The molecule has 25 heavy (non-hydrogen) atoms. The van der Waals surface area contributed by atoms with E-state index in [0.717, 1.165) is 16.9 Å². The van der Waals surface area contributed by atoms with Crippen LogP contribution in [0.15, 0.2) is 36.0 Å². The minimum absolute atomic E-state index is 0.339. The number of aromatic nitrogens is 2. The van der Waals surface area contributed by atoms with Crippen LogP contribution in [0.25, 0.3) is 10.2 Å². The van der Waals surface area contributed by atoms with E-state index in [1.807, 2.05) is 12.1 Å². The maximum atomic E-state index is 12.2. The predicted molar refractivity (Wildman–Crippen MR) is 102 cm³/mol. The fourth-order valence-corrected chi connectivity index (χ4v) is 3.48. The van der Waals surface area contributed by atoms with Gasteiger partial charge in [-0.25, -0.2) is 14.8 Å². The molecule has 0 aliphatic rings. The van der Waals surface area contributed by atoms with Crippen LogP contribution in [0, 0.1) is 0 Å². The number of thiophene rings is 1. The molecule has 0 aliphatic heterocycles. The third-order valence-electron chi connectivity index (χ3n) is 3.90. The minimum Gasteiger partial charge on any atom is -0.462 e. The molecule has 0 saturated carbocycles. The summed E-state index contributed by atoms with van der Waals surface area (Å²) < 4.78 is 5.14. The van der Waals surface area contributed by atoms with E-state index in [2.05, 4.69) is 34.3 Å². The molecular weight excluding hydrogens is 334 g/mol. The van der Waals surface area contributed by atoms with Crippen LogP contribution in [0.1, 0.15) is 42.6 Å². The number of nitrogens with zero attached hydrogens (tertiary/aromatic N) is 2. The molecule has 1 N–H and O–H groups in total. The molecule has 0 spiro atoms. The van der Waals surface area contributed by atoms with Crippen molar-refractivity contribution < 1.29 is 9.53 Å². The van der Waals surface area contributed by atoms with Gasteiger partial charge in [0.05, 0.1) is 17.6 Å². The Morgan fingerprint density at radius 2 is 2.00 bits per heavy atom. The van der Waals surface area contributed by atoms with Gasteiger partial charge in [0.25, 0.3) is 0 Å². The fourth-order valence-electron chi connectivity index (χ4n) is 2.60. The van der Waals surface area contributed by atoms with Crippen molar-refractivity contribution in [3.05, 3.63) is 47.1 Å². The summed E-state index contributed by atoms with van der Waals surface area (Å²) in [4.78, 5) is 21.5. The SMILES string of the molecule is CCCCc1ccc(Nc2ncnc3scc(C(=O)OCC)c23)cc1. The number of rotatable bonds is 7. The summed E-state index contributed by atoms with van der Waals surface area (Å²) in [5, 5.41) is 5.78. The standard InChI is InChI=1S/C19H21N3O2S/c1-3-5-6-13-7-9-14(10-8-13)22-17-16-15(19(23)24-4-2)11-25-18(16)21-12-20-17/h7-12H,3-6H2,1-2H3,(H,20,21,22). The smallest absolute Gasteiger partial charge is 0.339 e. The Kier molecular flexibility index (Phi) is 5.60. The zero-order chi connectivity index (χ0) is 17.6. The summed E-state index contributed by atoms with van der Waals surface area (Å²) in [5.41, 5.74) is 2.76. The number of unbranched alkanes of at least 4 members (excludes halogenated alkanes) is 1. The summed E-state index contributed by atoms with van der Waals surface area (Å²) >= 11 is 1.41. The van der Waals surface area contributed by atoms with Gasteiger partial charge in [-0.05, 0) is 37.5 Å². The maximum absolute atomic E-state index is 12.2. The van der Waals surface area contributed by atoms with Crippen LogP contribution < -0.4 is 5.32 Å². The largest absolute Gasteiger partial charge is 0.462 e. The topological polar surface area (TPSA) is 64.1 Å². The molecule has 0 bridgehead atoms. The van der Waals surface area contributed by atoms with Gasteiger partial charge in [0.2, 0.25) is 0 Å². The van der Waals surface area contributed by atoms with Crippen molar-refractivity contribution >= 4 is 39.0 Å². The van der Waals surface area contributed by atoms with Gasteiger partial charge in [0.15, 0.2) is 0 Å². The molecule has 6 heteroatoms. The van der Waals surface area contributed by atoms with Crippen LogP contribution >= 0.6 is 11.3 Å². The van der Waals surface area contributed by atoms with Gasteiger partial charge < -0.3 is 10.1 Å². The Balaban J connectivity index is 1.88. The Labute approximate surface area is 151 Å². The molecule has 0 amide bonds. The van der Waals surface area contributed by atoms with E-state index in [1.54, 1.807) is 12.3 Å². The minimum atomic E-state index is -0.346. The molecule has 2 aromatic heterocycles. The lowest BCUT2D eigenvalue weighted by molar-refractivity contribution is 0.0529. The second-order valence-electron chi connectivity index (χ2n) is 5.70. The van der Waals surface area contributed by atoms with E-state index in [1.165, 1.54) is 36.1 Å². The Morgan fingerprint density at radius 3 is 2.72 bits per heavy atom. The van der Waals surface area contributed by atoms with Gasteiger partial charge in [-0.15, -0.1) is 11.3 Å². The first-order valence-electron chi connectivity index (χ1n) is 8.48. The molecule has 5 nitrogen and oxygen atoms in total. The summed E-state index contributed by atoms with van der Waals surface area (Å²) in [5.74, 6) is 0.275. The number of hydrogen-bond acceptors (Lipinski definition) is 6. The first-order valence-corrected chi connectivity index (χ1v) is 9.36. The van der Waals surface area contributed by atoms with Crippen molar-refractivity contribution in [2.45, 2.75) is 33.1 Å². The van der Waals surface area contributed by atoms with Crippen LogP contribution in [0.4, 0.5) is 11.5 Å². The highest BCUT2D eigenvalue weighted by Gasteiger charge is 2.18. The maximum Gasteiger partial charge on any atom is 0.339 e. The van der Waals surface area contributed by atoms with Gasteiger partial charge in [0.1, 0.15) is 17.0 Å². The van der Waals surface area contributed by atoms with E-state index in [-0.39, 0.29) is 5.97 Å².